The van der Waals surface area contributed by atoms with Crippen LogP contribution in [0.5, 0.6) is 5.75 Å². The molecule has 0 amide bonds. The summed E-state index contributed by atoms with van der Waals surface area (Å²) in [6.07, 6.45) is 2.11. The van der Waals surface area contributed by atoms with Gasteiger partial charge < -0.3 is 20.1 Å². The molecule has 0 unspecified atom stereocenters. The first-order chi connectivity index (χ1) is 13.2. The Labute approximate surface area is 189 Å². The lowest BCUT2D eigenvalue weighted by Crippen LogP contribution is -2.36. The summed E-state index contributed by atoms with van der Waals surface area (Å²) < 4.78 is 10.6. The SMILES string of the molecule is CN=C(NCc1ccc(OCCOC)cc1)NCc1ccc(C)cc1SC.I. The van der Waals surface area contributed by atoms with E-state index in [0.29, 0.717) is 19.8 Å². The molecular formula is C21H30IN3O2S. The van der Waals surface area contributed by atoms with E-state index in [1.165, 1.54) is 16.0 Å². The number of aryl methyl sites for hydroxylation is 1. The van der Waals surface area contributed by atoms with E-state index in [4.69, 9.17) is 9.47 Å². The highest BCUT2D eigenvalue weighted by molar-refractivity contribution is 14.0. The molecule has 0 saturated carbocycles. The number of rotatable bonds is 9. The highest BCUT2D eigenvalue weighted by Crippen LogP contribution is 2.21. The number of methoxy groups -OCH3 is 1. The predicted molar refractivity (Wildman–Crippen MR) is 129 cm³/mol. The van der Waals surface area contributed by atoms with Gasteiger partial charge in [-0.3, -0.25) is 4.99 Å². The van der Waals surface area contributed by atoms with E-state index in [1.54, 1.807) is 25.9 Å². The molecule has 7 heteroatoms. The zero-order chi connectivity index (χ0) is 19.5. The van der Waals surface area contributed by atoms with Crippen molar-refractivity contribution in [3.63, 3.8) is 0 Å². The number of thioether (sulfide) groups is 1. The maximum absolute atomic E-state index is 5.58. The van der Waals surface area contributed by atoms with Crippen molar-refractivity contribution in [3.8, 4) is 5.75 Å². The van der Waals surface area contributed by atoms with Crippen molar-refractivity contribution < 1.29 is 9.47 Å². The molecule has 2 rings (SSSR count). The van der Waals surface area contributed by atoms with E-state index in [9.17, 15) is 0 Å². The molecule has 0 fully saturated rings. The number of hydrogen-bond acceptors (Lipinski definition) is 4. The Balaban J connectivity index is 0.00000392. The number of guanidine groups is 1. The molecule has 0 aliphatic carbocycles. The zero-order valence-corrected chi connectivity index (χ0v) is 20.1. The van der Waals surface area contributed by atoms with E-state index in [1.807, 2.05) is 24.3 Å². The third kappa shape index (κ3) is 8.28. The second kappa shape index (κ2) is 13.7. The number of ether oxygens (including phenoxy) is 2. The van der Waals surface area contributed by atoms with Crippen LogP contribution < -0.4 is 15.4 Å². The third-order valence-electron chi connectivity index (χ3n) is 4.05. The van der Waals surface area contributed by atoms with Crippen LogP contribution in [0.4, 0.5) is 0 Å². The van der Waals surface area contributed by atoms with Gasteiger partial charge >= 0.3 is 0 Å². The lowest BCUT2D eigenvalue weighted by molar-refractivity contribution is 0.146. The van der Waals surface area contributed by atoms with Gasteiger partial charge in [0.15, 0.2) is 5.96 Å². The molecule has 28 heavy (non-hydrogen) atoms. The molecule has 0 heterocycles. The summed E-state index contributed by atoms with van der Waals surface area (Å²) in [4.78, 5) is 5.60. The fourth-order valence-corrected chi connectivity index (χ4v) is 3.24. The number of halogens is 1. The van der Waals surface area contributed by atoms with Crippen LogP contribution in [0.3, 0.4) is 0 Å². The minimum atomic E-state index is 0. The van der Waals surface area contributed by atoms with Gasteiger partial charge in [0.2, 0.25) is 0 Å². The third-order valence-corrected chi connectivity index (χ3v) is 4.87. The lowest BCUT2D eigenvalue weighted by atomic mass is 10.1. The maximum Gasteiger partial charge on any atom is 0.191 e. The van der Waals surface area contributed by atoms with E-state index < -0.39 is 0 Å². The second-order valence-corrected chi connectivity index (χ2v) is 6.93. The van der Waals surface area contributed by atoms with Gasteiger partial charge in [0.25, 0.3) is 0 Å². The molecule has 0 spiro atoms. The van der Waals surface area contributed by atoms with E-state index >= 15 is 0 Å². The quantitative estimate of drug-likeness (QED) is 0.172. The topological polar surface area (TPSA) is 54.9 Å². The van der Waals surface area contributed by atoms with Crippen LogP contribution >= 0.6 is 35.7 Å². The smallest absolute Gasteiger partial charge is 0.191 e. The number of nitrogens with zero attached hydrogens (tertiary/aromatic N) is 1. The number of hydrogen-bond donors (Lipinski definition) is 2. The first kappa shape index (κ1) is 24.6. The van der Waals surface area contributed by atoms with Gasteiger partial charge in [-0.05, 0) is 48.1 Å². The highest BCUT2D eigenvalue weighted by atomic mass is 127. The van der Waals surface area contributed by atoms with Gasteiger partial charge in [0.1, 0.15) is 12.4 Å². The Morgan fingerprint density at radius 2 is 1.75 bits per heavy atom. The molecule has 0 aliphatic rings. The summed E-state index contributed by atoms with van der Waals surface area (Å²) in [6.45, 7) is 4.70. The van der Waals surface area contributed by atoms with Crippen LogP contribution in [-0.2, 0) is 17.8 Å². The Bertz CT molecular complexity index is 739. The van der Waals surface area contributed by atoms with E-state index in [-0.39, 0.29) is 24.0 Å². The van der Waals surface area contributed by atoms with Crippen molar-refractivity contribution in [2.45, 2.75) is 24.9 Å². The van der Waals surface area contributed by atoms with Crippen LogP contribution in [0, 0.1) is 6.92 Å². The van der Waals surface area contributed by atoms with Gasteiger partial charge in [0, 0.05) is 32.1 Å². The fourth-order valence-electron chi connectivity index (χ4n) is 2.53. The molecule has 0 radical (unpaired) electrons. The highest BCUT2D eigenvalue weighted by Gasteiger charge is 2.04. The lowest BCUT2D eigenvalue weighted by Gasteiger charge is -2.14. The van der Waals surface area contributed by atoms with E-state index in [2.05, 4.69) is 47.0 Å². The maximum atomic E-state index is 5.58. The van der Waals surface area contributed by atoms with Crippen LogP contribution in [0.15, 0.2) is 52.4 Å². The van der Waals surface area contributed by atoms with Crippen LogP contribution in [-0.4, -0.2) is 39.6 Å². The largest absolute Gasteiger partial charge is 0.491 e. The van der Waals surface area contributed by atoms with E-state index in [0.717, 1.165) is 23.8 Å². The number of nitrogens with one attached hydrogen (secondary N) is 2. The summed E-state index contributed by atoms with van der Waals surface area (Å²) in [5, 5.41) is 6.73. The minimum absolute atomic E-state index is 0. The van der Waals surface area contributed by atoms with Gasteiger partial charge in [0.05, 0.1) is 6.61 Å². The van der Waals surface area contributed by atoms with Crippen molar-refractivity contribution in [2.75, 3.05) is 33.6 Å². The predicted octanol–water partition coefficient (Wildman–Crippen LogP) is 4.23. The summed E-state index contributed by atoms with van der Waals surface area (Å²) in [6, 6.07) is 14.6. The number of benzene rings is 2. The fraction of sp³-hybridized carbons (Fsp3) is 0.381. The Hall–Kier alpha value is -1.45. The molecule has 0 bridgehead atoms. The minimum Gasteiger partial charge on any atom is -0.491 e. The molecule has 0 aliphatic heterocycles. The zero-order valence-electron chi connectivity index (χ0n) is 17.0. The molecule has 2 aromatic carbocycles. The van der Waals surface area contributed by atoms with Crippen molar-refractivity contribution in [2.24, 2.45) is 4.99 Å². The standard InChI is InChI=1S/C21H29N3O2S.HI/c1-16-5-8-18(20(13-16)27-4)15-24-21(22-2)23-14-17-6-9-19(10-7-17)26-12-11-25-3;/h5-10,13H,11-12,14-15H2,1-4H3,(H2,22,23,24);1H. The summed E-state index contributed by atoms with van der Waals surface area (Å²) in [5.41, 5.74) is 3.71. The summed E-state index contributed by atoms with van der Waals surface area (Å²) in [7, 11) is 3.45. The molecule has 0 aromatic heterocycles. The van der Waals surface area contributed by atoms with Gasteiger partial charge in [-0.2, -0.15) is 0 Å². The Morgan fingerprint density at radius 1 is 1.04 bits per heavy atom. The van der Waals surface area contributed by atoms with Crippen LogP contribution in [0.1, 0.15) is 16.7 Å². The molecule has 5 nitrogen and oxygen atoms in total. The molecule has 0 atom stereocenters. The second-order valence-electron chi connectivity index (χ2n) is 6.08. The van der Waals surface area contributed by atoms with Crippen molar-refractivity contribution in [1.29, 1.82) is 0 Å². The van der Waals surface area contributed by atoms with Crippen LogP contribution in [0.2, 0.25) is 0 Å². The molecule has 154 valence electrons. The summed E-state index contributed by atoms with van der Waals surface area (Å²) in [5.74, 6) is 1.63. The van der Waals surface area contributed by atoms with Gasteiger partial charge in [-0.1, -0.05) is 24.3 Å². The molecule has 0 saturated heterocycles. The van der Waals surface area contributed by atoms with Crippen LogP contribution in [0.25, 0.3) is 0 Å². The van der Waals surface area contributed by atoms with Gasteiger partial charge in [-0.25, -0.2) is 0 Å². The average molecular weight is 515 g/mol. The average Bonchev–Trinajstić information content (AvgIpc) is 2.70. The molecule has 2 aromatic rings. The van der Waals surface area contributed by atoms with Crippen molar-refractivity contribution in [1.82, 2.24) is 10.6 Å². The Morgan fingerprint density at radius 3 is 2.39 bits per heavy atom. The normalized spacial score (nSPS) is 10.9. The van der Waals surface area contributed by atoms with Crippen molar-refractivity contribution >= 4 is 41.7 Å². The Kier molecular flexibility index (Phi) is 12.0. The molecule has 2 N–H and O–H groups in total. The van der Waals surface area contributed by atoms with Crippen molar-refractivity contribution in [3.05, 3.63) is 59.2 Å². The molecular weight excluding hydrogens is 485 g/mol. The first-order valence-electron chi connectivity index (χ1n) is 8.95. The number of aliphatic imine (C=N–C) groups is 1. The monoisotopic (exact) mass is 515 g/mol. The summed E-state index contributed by atoms with van der Waals surface area (Å²) >= 11 is 1.77. The first-order valence-corrected chi connectivity index (χ1v) is 10.2. The van der Waals surface area contributed by atoms with Gasteiger partial charge in [-0.15, -0.1) is 35.7 Å².